The summed E-state index contributed by atoms with van der Waals surface area (Å²) in [5, 5.41) is 2.37. The van der Waals surface area contributed by atoms with Crippen LogP contribution in [0.5, 0.6) is 0 Å². The SMILES string of the molecule is CCCCCC[NH2+]CC. The van der Waals surface area contributed by atoms with Gasteiger partial charge in [-0.3, -0.25) is 0 Å². The summed E-state index contributed by atoms with van der Waals surface area (Å²) >= 11 is 0. The summed E-state index contributed by atoms with van der Waals surface area (Å²) in [7, 11) is 0. The molecule has 0 heterocycles. The van der Waals surface area contributed by atoms with Crippen LogP contribution in [0, 0.1) is 0 Å². The highest BCUT2D eigenvalue weighted by molar-refractivity contribution is 4.35. The molecule has 0 saturated carbocycles. The standard InChI is InChI=1S/C8H19N/c1-3-5-6-7-8-9-4-2/h9H,3-8H2,1-2H3/p+1. The second-order valence-electron chi connectivity index (χ2n) is 2.55. The van der Waals surface area contributed by atoms with E-state index in [4.69, 9.17) is 0 Å². The zero-order chi connectivity index (χ0) is 6.95. The van der Waals surface area contributed by atoms with E-state index in [0.717, 1.165) is 0 Å². The third-order valence-corrected chi connectivity index (χ3v) is 1.55. The van der Waals surface area contributed by atoms with Gasteiger partial charge >= 0.3 is 0 Å². The van der Waals surface area contributed by atoms with Gasteiger partial charge in [0, 0.05) is 0 Å². The Morgan fingerprint density at radius 3 is 2.33 bits per heavy atom. The number of unbranched alkanes of at least 4 members (excludes halogenated alkanes) is 3. The van der Waals surface area contributed by atoms with E-state index in [-0.39, 0.29) is 0 Å². The van der Waals surface area contributed by atoms with E-state index in [0.29, 0.717) is 0 Å². The predicted octanol–water partition coefficient (Wildman–Crippen LogP) is 1.15. The average Bonchev–Trinajstić information content (AvgIpc) is 1.89. The average molecular weight is 130 g/mol. The Hall–Kier alpha value is -0.0400. The molecule has 0 aromatic carbocycles. The molecule has 0 aliphatic carbocycles. The van der Waals surface area contributed by atoms with Gasteiger partial charge in [-0.15, -0.1) is 0 Å². The van der Waals surface area contributed by atoms with E-state index in [2.05, 4.69) is 19.2 Å². The van der Waals surface area contributed by atoms with E-state index < -0.39 is 0 Å². The first-order chi connectivity index (χ1) is 4.41. The highest BCUT2D eigenvalue weighted by Gasteiger charge is 1.86. The molecule has 0 fully saturated rings. The topological polar surface area (TPSA) is 16.6 Å². The molecule has 0 aromatic rings. The van der Waals surface area contributed by atoms with Crippen molar-refractivity contribution in [2.75, 3.05) is 13.1 Å². The van der Waals surface area contributed by atoms with Crippen molar-refractivity contribution in [1.82, 2.24) is 0 Å². The normalized spacial score (nSPS) is 10.0. The van der Waals surface area contributed by atoms with E-state index >= 15 is 0 Å². The Bertz CT molecular complexity index is 37.8. The van der Waals surface area contributed by atoms with Gasteiger partial charge in [0.2, 0.25) is 0 Å². The van der Waals surface area contributed by atoms with Crippen LogP contribution >= 0.6 is 0 Å². The van der Waals surface area contributed by atoms with Crippen molar-refractivity contribution in [1.29, 1.82) is 0 Å². The molecule has 0 rings (SSSR count). The minimum atomic E-state index is 1.24. The van der Waals surface area contributed by atoms with Crippen molar-refractivity contribution in [2.24, 2.45) is 0 Å². The zero-order valence-corrected chi connectivity index (χ0v) is 6.82. The molecular weight excluding hydrogens is 110 g/mol. The highest BCUT2D eigenvalue weighted by atomic mass is 14.8. The fourth-order valence-electron chi connectivity index (χ4n) is 0.920. The largest absolute Gasteiger partial charge is 0.346 e. The van der Waals surface area contributed by atoms with E-state index in [1.165, 1.54) is 38.8 Å². The second kappa shape index (κ2) is 7.96. The van der Waals surface area contributed by atoms with Crippen LogP contribution in [-0.4, -0.2) is 13.1 Å². The Kier molecular flexibility index (Phi) is 7.92. The molecule has 1 heteroatoms. The van der Waals surface area contributed by atoms with Crippen LogP contribution in [0.3, 0.4) is 0 Å². The number of quaternary nitrogens is 1. The van der Waals surface area contributed by atoms with Crippen molar-refractivity contribution >= 4 is 0 Å². The second-order valence-corrected chi connectivity index (χ2v) is 2.55. The molecule has 0 amide bonds. The molecule has 56 valence electrons. The van der Waals surface area contributed by atoms with Crippen LogP contribution in [0.2, 0.25) is 0 Å². The summed E-state index contributed by atoms with van der Waals surface area (Å²) in [5.74, 6) is 0. The van der Waals surface area contributed by atoms with Gasteiger partial charge in [-0.05, 0) is 19.8 Å². The summed E-state index contributed by atoms with van der Waals surface area (Å²) in [4.78, 5) is 0. The molecule has 0 saturated heterocycles. The first-order valence-corrected chi connectivity index (χ1v) is 4.23. The lowest BCUT2D eigenvalue weighted by Crippen LogP contribution is -2.83. The van der Waals surface area contributed by atoms with Gasteiger partial charge in [-0.2, -0.15) is 0 Å². The molecule has 0 aliphatic heterocycles. The van der Waals surface area contributed by atoms with Crippen molar-refractivity contribution in [3.05, 3.63) is 0 Å². The van der Waals surface area contributed by atoms with Crippen LogP contribution in [-0.2, 0) is 0 Å². The number of rotatable bonds is 6. The predicted molar refractivity (Wildman–Crippen MR) is 41.5 cm³/mol. The third kappa shape index (κ3) is 7.96. The van der Waals surface area contributed by atoms with Gasteiger partial charge in [-0.1, -0.05) is 19.8 Å². The van der Waals surface area contributed by atoms with Gasteiger partial charge < -0.3 is 5.32 Å². The lowest BCUT2D eigenvalue weighted by Gasteiger charge is -1.96. The molecule has 9 heavy (non-hydrogen) atoms. The first kappa shape index (κ1) is 8.96. The Morgan fingerprint density at radius 1 is 1.00 bits per heavy atom. The minimum absolute atomic E-state index is 1.24. The lowest BCUT2D eigenvalue weighted by molar-refractivity contribution is -0.652. The minimum Gasteiger partial charge on any atom is -0.346 e. The third-order valence-electron chi connectivity index (χ3n) is 1.55. The molecule has 0 atom stereocenters. The molecule has 0 aliphatic rings. The van der Waals surface area contributed by atoms with Gasteiger partial charge in [0.15, 0.2) is 0 Å². The summed E-state index contributed by atoms with van der Waals surface area (Å²) in [5.41, 5.74) is 0. The monoisotopic (exact) mass is 130 g/mol. The fourth-order valence-corrected chi connectivity index (χ4v) is 0.920. The lowest BCUT2D eigenvalue weighted by atomic mass is 10.2. The number of hydrogen-bond acceptors (Lipinski definition) is 0. The van der Waals surface area contributed by atoms with Crippen molar-refractivity contribution in [2.45, 2.75) is 39.5 Å². The highest BCUT2D eigenvalue weighted by Crippen LogP contribution is 1.95. The van der Waals surface area contributed by atoms with Crippen LogP contribution in [0.4, 0.5) is 0 Å². The molecule has 2 N–H and O–H groups in total. The van der Waals surface area contributed by atoms with Crippen LogP contribution < -0.4 is 5.32 Å². The summed E-state index contributed by atoms with van der Waals surface area (Å²) in [6.07, 6.45) is 5.60. The molecule has 0 bridgehead atoms. The fraction of sp³-hybridized carbons (Fsp3) is 1.00. The number of hydrogen-bond donors (Lipinski definition) is 1. The van der Waals surface area contributed by atoms with Crippen LogP contribution in [0.15, 0.2) is 0 Å². The Labute approximate surface area is 58.8 Å². The molecular formula is C8H20N+. The molecule has 0 radical (unpaired) electrons. The van der Waals surface area contributed by atoms with Gasteiger partial charge in [0.05, 0.1) is 13.1 Å². The maximum atomic E-state index is 2.37. The van der Waals surface area contributed by atoms with E-state index in [9.17, 15) is 0 Å². The maximum absolute atomic E-state index is 2.37. The van der Waals surface area contributed by atoms with E-state index in [1.807, 2.05) is 0 Å². The van der Waals surface area contributed by atoms with Gasteiger partial charge in [0.1, 0.15) is 0 Å². The van der Waals surface area contributed by atoms with Crippen molar-refractivity contribution in [3.63, 3.8) is 0 Å². The zero-order valence-electron chi connectivity index (χ0n) is 6.82. The van der Waals surface area contributed by atoms with Crippen molar-refractivity contribution in [3.8, 4) is 0 Å². The molecule has 1 nitrogen and oxygen atoms in total. The quantitative estimate of drug-likeness (QED) is 0.519. The summed E-state index contributed by atoms with van der Waals surface area (Å²) in [6, 6.07) is 0. The van der Waals surface area contributed by atoms with Crippen LogP contribution in [0.25, 0.3) is 0 Å². The van der Waals surface area contributed by atoms with Crippen LogP contribution in [0.1, 0.15) is 39.5 Å². The first-order valence-electron chi connectivity index (χ1n) is 4.23. The number of nitrogens with two attached hydrogens (primary N) is 1. The summed E-state index contributed by atoms with van der Waals surface area (Å²) in [6.45, 7) is 7.03. The maximum Gasteiger partial charge on any atom is 0.0755 e. The Balaban J connectivity index is 2.60. The van der Waals surface area contributed by atoms with Gasteiger partial charge in [0.25, 0.3) is 0 Å². The molecule has 0 unspecified atom stereocenters. The molecule has 0 aromatic heterocycles. The smallest absolute Gasteiger partial charge is 0.0755 e. The van der Waals surface area contributed by atoms with E-state index in [1.54, 1.807) is 0 Å². The summed E-state index contributed by atoms with van der Waals surface area (Å²) < 4.78 is 0. The molecule has 0 spiro atoms. The van der Waals surface area contributed by atoms with Crippen molar-refractivity contribution < 1.29 is 5.32 Å². The van der Waals surface area contributed by atoms with Gasteiger partial charge in [-0.25, -0.2) is 0 Å². The Morgan fingerprint density at radius 2 is 1.78 bits per heavy atom.